The van der Waals surface area contributed by atoms with E-state index in [0.717, 1.165) is 60.1 Å². The molecule has 1 fully saturated rings. The van der Waals surface area contributed by atoms with Gasteiger partial charge in [0.25, 0.3) is 10.0 Å². The topological polar surface area (TPSA) is 73.1 Å². The van der Waals surface area contributed by atoms with Crippen LogP contribution in [0, 0.1) is 5.41 Å². The van der Waals surface area contributed by atoms with Crippen LogP contribution in [0.2, 0.25) is 0 Å². The number of hydrogen-bond donors (Lipinski definition) is 1. The number of rotatable bonds is 3. The molecule has 1 heterocycles. The second kappa shape index (κ2) is 5.90. The molecular formula is C19H17F3N2O2S. The van der Waals surface area contributed by atoms with Gasteiger partial charge in [-0.1, -0.05) is 18.2 Å². The molecule has 1 aromatic heterocycles. The van der Waals surface area contributed by atoms with E-state index in [1.54, 1.807) is 6.07 Å². The number of nitrogens with two attached hydrogens (primary N) is 1. The Kier molecular flexibility index (Phi) is 3.98. The van der Waals surface area contributed by atoms with Crippen LogP contribution in [-0.4, -0.2) is 13.4 Å². The fourth-order valence-corrected chi connectivity index (χ4v) is 4.15. The van der Waals surface area contributed by atoms with Crippen molar-refractivity contribution in [3.05, 3.63) is 59.3 Å². The zero-order chi connectivity index (χ0) is 19.4. The minimum atomic E-state index is -4.36. The molecule has 0 unspecified atom stereocenters. The first-order valence-electron chi connectivity index (χ1n) is 8.46. The molecule has 0 aliphatic heterocycles. The second-order valence-electron chi connectivity index (χ2n) is 7.32. The van der Waals surface area contributed by atoms with Gasteiger partial charge in [0.1, 0.15) is 0 Å². The summed E-state index contributed by atoms with van der Waals surface area (Å²) in [5, 5.41) is 4.88. The zero-order valence-corrected chi connectivity index (χ0v) is 15.1. The maximum atomic E-state index is 12.8. The first kappa shape index (κ1) is 18.2. The molecule has 142 valence electrons. The molecular weight excluding hydrogens is 377 g/mol. The summed E-state index contributed by atoms with van der Waals surface area (Å²) in [6, 6.07) is 8.23. The number of allylic oxidation sites excluding steroid dienone is 2. The number of sulfonamides is 1. The smallest absolute Gasteiger partial charge is 0.243 e. The number of primary sulfonamides is 1. The van der Waals surface area contributed by atoms with Gasteiger partial charge in [-0.15, -0.1) is 0 Å². The van der Waals surface area contributed by atoms with E-state index < -0.39 is 21.8 Å². The third-order valence-corrected chi connectivity index (χ3v) is 6.19. The van der Waals surface area contributed by atoms with Crippen molar-refractivity contribution >= 4 is 21.2 Å². The third kappa shape index (κ3) is 3.51. The molecule has 2 aromatic rings. The van der Waals surface area contributed by atoms with Gasteiger partial charge in [-0.3, -0.25) is 0 Å². The quantitative estimate of drug-likeness (QED) is 0.847. The van der Waals surface area contributed by atoms with Gasteiger partial charge in [0.05, 0.1) is 5.56 Å². The molecule has 0 amide bonds. The van der Waals surface area contributed by atoms with E-state index in [2.05, 4.69) is 4.98 Å². The monoisotopic (exact) mass is 394 g/mol. The SMILES string of the molecule is NS(=O)(=O)c1ccc(C2=C(c3ccc(C(F)(F)F)cc3)CC3(CC3)C2)cn1. The lowest BCUT2D eigenvalue weighted by atomic mass is 9.97. The molecule has 2 N–H and O–H groups in total. The van der Waals surface area contributed by atoms with Crippen LogP contribution >= 0.6 is 0 Å². The summed E-state index contributed by atoms with van der Waals surface area (Å²) in [5.74, 6) is 0. The Labute approximate surface area is 155 Å². The molecule has 8 heteroatoms. The summed E-state index contributed by atoms with van der Waals surface area (Å²) >= 11 is 0. The maximum absolute atomic E-state index is 12.8. The highest BCUT2D eigenvalue weighted by atomic mass is 32.2. The lowest BCUT2D eigenvalue weighted by molar-refractivity contribution is -0.137. The van der Waals surface area contributed by atoms with Crippen LogP contribution in [0.1, 0.15) is 42.4 Å². The number of hydrogen-bond acceptors (Lipinski definition) is 3. The van der Waals surface area contributed by atoms with Crippen molar-refractivity contribution in [2.24, 2.45) is 10.6 Å². The van der Waals surface area contributed by atoms with Gasteiger partial charge in [0, 0.05) is 6.20 Å². The Hall–Kier alpha value is -2.19. The molecule has 4 rings (SSSR count). The van der Waals surface area contributed by atoms with Crippen molar-refractivity contribution in [2.45, 2.75) is 36.9 Å². The summed E-state index contributed by atoms with van der Waals surface area (Å²) < 4.78 is 61.3. The van der Waals surface area contributed by atoms with Crippen LogP contribution in [0.15, 0.2) is 47.6 Å². The fraction of sp³-hybridized carbons (Fsp3) is 0.316. The van der Waals surface area contributed by atoms with E-state index in [1.807, 2.05) is 0 Å². The van der Waals surface area contributed by atoms with Crippen LogP contribution in [-0.2, 0) is 16.2 Å². The van der Waals surface area contributed by atoms with E-state index in [9.17, 15) is 21.6 Å². The predicted octanol–water partition coefficient (Wildman–Crippen LogP) is 4.23. The van der Waals surface area contributed by atoms with E-state index >= 15 is 0 Å². The number of nitrogens with zero attached hydrogens (tertiary/aromatic N) is 1. The Balaban J connectivity index is 1.74. The normalized spacial score (nSPS) is 19.0. The number of alkyl halides is 3. The molecule has 2 aliphatic rings. The van der Waals surface area contributed by atoms with E-state index in [1.165, 1.54) is 24.4 Å². The molecule has 1 aromatic carbocycles. The Morgan fingerprint density at radius 2 is 1.48 bits per heavy atom. The summed E-state index contributed by atoms with van der Waals surface area (Å²) in [6.07, 6.45) is 0.911. The van der Waals surface area contributed by atoms with Crippen LogP contribution in [0.25, 0.3) is 11.1 Å². The van der Waals surface area contributed by atoms with Crippen molar-refractivity contribution in [3.8, 4) is 0 Å². The minimum absolute atomic E-state index is 0.186. The molecule has 0 saturated heterocycles. The summed E-state index contributed by atoms with van der Waals surface area (Å²) in [7, 11) is -3.87. The zero-order valence-electron chi connectivity index (χ0n) is 14.3. The van der Waals surface area contributed by atoms with E-state index in [-0.39, 0.29) is 10.4 Å². The van der Waals surface area contributed by atoms with E-state index in [0.29, 0.717) is 0 Å². The molecule has 1 saturated carbocycles. The minimum Gasteiger partial charge on any atom is -0.243 e. The van der Waals surface area contributed by atoms with Crippen molar-refractivity contribution < 1.29 is 21.6 Å². The molecule has 0 radical (unpaired) electrons. The van der Waals surface area contributed by atoms with Crippen molar-refractivity contribution in [1.29, 1.82) is 0 Å². The largest absolute Gasteiger partial charge is 0.416 e. The maximum Gasteiger partial charge on any atom is 0.416 e. The van der Waals surface area contributed by atoms with Crippen molar-refractivity contribution in [3.63, 3.8) is 0 Å². The second-order valence-corrected chi connectivity index (χ2v) is 8.82. The van der Waals surface area contributed by atoms with Crippen LogP contribution in [0.5, 0.6) is 0 Å². The Bertz CT molecular complexity index is 1020. The van der Waals surface area contributed by atoms with Gasteiger partial charge in [-0.2, -0.15) is 13.2 Å². The Morgan fingerprint density at radius 1 is 0.926 bits per heavy atom. The first-order chi connectivity index (χ1) is 12.6. The predicted molar refractivity (Wildman–Crippen MR) is 94.8 cm³/mol. The van der Waals surface area contributed by atoms with Gasteiger partial charge in [-0.25, -0.2) is 18.5 Å². The van der Waals surface area contributed by atoms with Crippen LogP contribution < -0.4 is 5.14 Å². The van der Waals surface area contributed by atoms with Crippen LogP contribution in [0.3, 0.4) is 0 Å². The van der Waals surface area contributed by atoms with Gasteiger partial charge < -0.3 is 0 Å². The summed E-state index contributed by atoms with van der Waals surface area (Å²) in [5.41, 5.74) is 3.07. The van der Waals surface area contributed by atoms with Gasteiger partial charge in [0.15, 0.2) is 5.03 Å². The van der Waals surface area contributed by atoms with Crippen LogP contribution in [0.4, 0.5) is 13.2 Å². The van der Waals surface area contributed by atoms with Crippen molar-refractivity contribution in [2.75, 3.05) is 0 Å². The Morgan fingerprint density at radius 3 is 1.93 bits per heavy atom. The lowest BCUT2D eigenvalue weighted by Crippen LogP contribution is -2.13. The molecule has 4 nitrogen and oxygen atoms in total. The highest BCUT2D eigenvalue weighted by Crippen LogP contribution is 2.63. The van der Waals surface area contributed by atoms with Gasteiger partial charge >= 0.3 is 6.18 Å². The third-order valence-electron chi connectivity index (χ3n) is 5.36. The highest BCUT2D eigenvalue weighted by Gasteiger charge is 2.48. The fourth-order valence-electron chi connectivity index (χ4n) is 3.70. The number of benzene rings is 1. The first-order valence-corrected chi connectivity index (χ1v) is 10.0. The highest BCUT2D eigenvalue weighted by molar-refractivity contribution is 7.89. The van der Waals surface area contributed by atoms with E-state index in [4.69, 9.17) is 5.14 Å². The molecule has 2 aliphatic carbocycles. The lowest BCUT2D eigenvalue weighted by Gasteiger charge is -2.11. The molecule has 0 bridgehead atoms. The molecule has 27 heavy (non-hydrogen) atoms. The average molecular weight is 394 g/mol. The number of aromatic nitrogens is 1. The standard InChI is InChI=1S/C19H17F3N2O2S/c20-19(21,22)14-4-1-12(2-5-14)15-9-18(7-8-18)10-16(15)13-3-6-17(24-11-13)27(23,25)26/h1-6,11H,7-10H2,(H2,23,25,26). The number of pyridine rings is 1. The average Bonchev–Trinajstić information content (AvgIpc) is 3.24. The summed E-state index contributed by atoms with van der Waals surface area (Å²) in [6.45, 7) is 0. The summed E-state index contributed by atoms with van der Waals surface area (Å²) in [4.78, 5) is 3.94. The molecule has 1 spiro atoms. The van der Waals surface area contributed by atoms with Crippen molar-refractivity contribution in [1.82, 2.24) is 4.98 Å². The number of halogens is 3. The van der Waals surface area contributed by atoms with Gasteiger partial charge in [0.2, 0.25) is 0 Å². The molecule has 0 atom stereocenters. The van der Waals surface area contributed by atoms with Gasteiger partial charge in [-0.05, 0) is 71.6 Å².